The fourth-order valence-corrected chi connectivity index (χ4v) is 4.77. The fraction of sp³-hybridized carbons (Fsp3) is 0.435. The number of nitrogen functional groups attached to an aromatic ring is 1. The van der Waals surface area contributed by atoms with Crippen molar-refractivity contribution >= 4 is 34.3 Å². The molecule has 0 aliphatic carbocycles. The van der Waals surface area contributed by atoms with E-state index >= 15 is 0 Å². The molecule has 2 aliphatic rings. The number of halogens is 3. The molecule has 186 valence electrons. The molecule has 0 saturated carbocycles. The predicted molar refractivity (Wildman–Crippen MR) is 123 cm³/mol. The van der Waals surface area contributed by atoms with Gasteiger partial charge in [-0.1, -0.05) is 0 Å². The topological polar surface area (TPSA) is 133 Å². The fourth-order valence-electron chi connectivity index (χ4n) is 4.77. The number of furan rings is 1. The van der Waals surface area contributed by atoms with Crippen molar-refractivity contribution < 1.29 is 27.1 Å². The van der Waals surface area contributed by atoms with Gasteiger partial charge in [-0.2, -0.15) is 13.2 Å². The van der Waals surface area contributed by atoms with Crippen LogP contribution in [0.25, 0.3) is 11.1 Å². The van der Waals surface area contributed by atoms with Gasteiger partial charge in [0, 0.05) is 44.0 Å². The van der Waals surface area contributed by atoms with Crippen molar-refractivity contribution in [3.8, 4) is 0 Å². The van der Waals surface area contributed by atoms with Gasteiger partial charge in [-0.05, 0) is 30.5 Å². The molecule has 0 aromatic carbocycles. The van der Waals surface area contributed by atoms with Gasteiger partial charge in [0.1, 0.15) is 11.1 Å². The van der Waals surface area contributed by atoms with Gasteiger partial charge in [-0.15, -0.1) is 0 Å². The first kappa shape index (κ1) is 23.4. The van der Waals surface area contributed by atoms with E-state index in [0.717, 1.165) is 12.0 Å². The number of hydrogen-bond donors (Lipinski definition) is 3. The predicted octanol–water partition coefficient (Wildman–Crippen LogP) is 3.28. The summed E-state index contributed by atoms with van der Waals surface area (Å²) in [7, 11) is 0. The number of carbonyl (C=O) groups excluding carboxylic acids is 1. The minimum Gasteiger partial charge on any atom is -0.438 e. The monoisotopic (exact) mass is 490 g/mol. The average Bonchev–Trinajstić information content (AvgIpc) is 3.45. The van der Waals surface area contributed by atoms with E-state index in [4.69, 9.17) is 20.6 Å². The first-order valence-corrected chi connectivity index (χ1v) is 11.3. The minimum atomic E-state index is -4.37. The first-order chi connectivity index (χ1) is 16.7. The van der Waals surface area contributed by atoms with Gasteiger partial charge in [0.15, 0.2) is 5.58 Å². The van der Waals surface area contributed by atoms with Crippen LogP contribution in [0.2, 0.25) is 0 Å². The number of amides is 1. The third kappa shape index (κ3) is 4.63. The van der Waals surface area contributed by atoms with Crippen LogP contribution in [0.15, 0.2) is 35.1 Å². The highest BCUT2D eigenvalue weighted by atomic mass is 19.4. The lowest BCUT2D eigenvalue weighted by Crippen LogP contribution is -2.51. The van der Waals surface area contributed by atoms with E-state index in [2.05, 4.69) is 15.3 Å². The number of piperidine rings is 1. The molecule has 0 bridgehead atoms. The summed E-state index contributed by atoms with van der Waals surface area (Å²) in [6.07, 6.45) is 0.855. The molecule has 0 spiro atoms. The van der Waals surface area contributed by atoms with E-state index < -0.39 is 24.0 Å². The first-order valence-electron chi connectivity index (χ1n) is 11.3. The molecular formula is C23H25F3N6O3. The second-order valence-electron chi connectivity index (χ2n) is 9.00. The Balaban J connectivity index is 1.41. The average molecular weight is 490 g/mol. The van der Waals surface area contributed by atoms with Crippen molar-refractivity contribution in [2.45, 2.75) is 31.0 Å². The zero-order valence-corrected chi connectivity index (χ0v) is 18.7. The Hall–Kier alpha value is -3.38. The lowest BCUT2D eigenvalue weighted by Gasteiger charge is -2.39. The van der Waals surface area contributed by atoms with Crippen molar-refractivity contribution in [2.75, 3.05) is 42.3 Å². The van der Waals surface area contributed by atoms with E-state index in [0.29, 0.717) is 30.0 Å². The van der Waals surface area contributed by atoms with Gasteiger partial charge >= 0.3 is 6.18 Å². The molecule has 3 aromatic heterocycles. The lowest BCUT2D eigenvalue weighted by molar-refractivity contribution is -0.177. The Kier molecular flexibility index (Phi) is 6.01. The number of ether oxygens (including phenoxy) is 1. The lowest BCUT2D eigenvalue weighted by atomic mass is 9.93. The summed E-state index contributed by atoms with van der Waals surface area (Å²) in [4.78, 5) is 23.2. The van der Waals surface area contributed by atoms with Crippen LogP contribution < -0.4 is 21.7 Å². The molecule has 3 atom stereocenters. The number of anilines is 3. The van der Waals surface area contributed by atoms with Crippen LogP contribution in [0.4, 0.5) is 30.4 Å². The number of rotatable bonds is 4. The van der Waals surface area contributed by atoms with Crippen LogP contribution in [0.1, 0.15) is 34.7 Å². The van der Waals surface area contributed by atoms with Crippen molar-refractivity contribution in [2.24, 2.45) is 11.7 Å². The van der Waals surface area contributed by atoms with E-state index in [1.165, 1.54) is 17.3 Å². The highest BCUT2D eigenvalue weighted by Gasteiger charge is 2.44. The molecule has 5 N–H and O–H groups in total. The quantitative estimate of drug-likeness (QED) is 0.508. The van der Waals surface area contributed by atoms with Gasteiger partial charge < -0.3 is 30.8 Å². The molecule has 9 nitrogen and oxygen atoms in total. The Morgan fingerprint density at radius 2 is 2.09 bits per heavy atom. The molecule has 1 amide bonds. The number of nitrogens with zero attached hydrogens (tertiary/aromatic N) is 3. The standard InChI is InChI=1S/C23H25F3N6O3/c24-23(25,26)14-6-15(27)10-32(9-14)17-1-3-29-8-16(17)31-22(33)19-20-18(35-21(19)28)5-13(7-30-20)12-2-4-34-11-12/h1,3,5,7-8,12,14-15H,2,4,6,9-11,27-28H2,(H,31,33)/t12?,14-,15+/m0/s1. The number of pyridine rings is 2. The maximum Gasteiger partial charge on any atom is 0.393 e. The summed E-state index contributed by atoms with van der Waals surface area (Å²) in [6, 6.07) is 2.69. The highest BCUT2D eigenvalue weighted by molar-refractivity contribution is 6.15. The van der Waals surface area contributed by atoms with Crippen LogP contribution in [0.5, 0.6) is 0 Å². The zero-order chi connectivity index (χ0) is 24.7. The van der Waals surface area contributed by atoms with Crippen LogP contribution in [-0.2, 0) is 4.74 Å². The maximum atomic E-state index is 13.4. The van der Waals surface area contributed by atoms with Crippen molar-refractivity contribution in [3.63, 3.8) is 0 Å². The summed E-state index contributed by atoms with van der Waals surface area (Å²) in [5.41, 5.74) is 14.2. The largest absolute Gasteiger partial charge is 0.438 e. The number of nitrogens with one attached hydrogen (secondary N) is 1. The van der Waals surface area contributed by atoms with E-state index in [-0.39, 0.29) is 42.6 Å². The smallest absolute Gasteiger partial charge is 0.393 e. The number of hydrogen-bond acceptors (Lipinski definition) is 8. The number of nitrogens with two attached hydrogens (primary N) is 2. The number of aromatic nitrogens is 2. The Morgan fingerprint density at radius 1 is 1.26 bits per heavy atom. The summed E-state index contributed by atoms with van der Waals surface area (Å²) < 4.78 is 51.3. The van der Waals surface area contributed by atoms with Gasteiger partial charge in [-0.3, -0.25) is 14.8 Å². The molecule has 12 heteroatoms. The molecule has 5 heterocycles. The summed E-state index contributed by atoms with van der Waals surface area (Å²) >= 11 is 0. The van der Waals surface area contributed by atoms with Crippen LogP contribution >= 0.6 is 0 Å². The van der Waals surface area contributed by atoms with E-state index in [9.17, 15) is 18.0 Å². The van der Waals surface area contributed by atoms with Crippen molar-refractivity contribution in [1.29, 1.82) is 0 Å². The molecule has 0 radical (unpaired) electrons. The van der Waals surface area contributed by atoms with Crippen LogP contribution in [-0.4, -0.2) is 54.4 Å². The normalized spacial score (nSPS) is 23.1. The summed E-state index contributed by atoms with van der Waals surface area (Å²) in [5, 5.41) is 2.72. The van der Waals surface area contributed by atoms with Crippen molar-refractivity contribution in [3.05, 3.63) is 41.9 Å². The second-order valence-corrected chi connectivity index (χ2v) is 9.00. The number of fused-ring (bicyclic) bond motifs is 1. The molecule has 2 fully saturated rings. The van der Waals surface area contributed by atoms with Crippen molar-refractivity contribution in [1.82, 2.24) is 9.97 Å². The molecule has 3 aromatic rings. The molecule has 5 rings (SSSR count). The van der Waals surface area contributed by atoms with Gasteiger partial charge in [0.25, 0.3) is 5.91 Å². The van der Waals surface area contributed by atoms with E-state index in [1.807, 2.05) is 0 Å². The third-order valence-electron chi connectivity index (χ3n) is 6.54. The third-order valence-corrected chi connectivity index (χ3v) is 6.54. The zero-order valence-electron chi connectivity index (χ0n) is 18.7. The Labute approximate surface area is 198 Å². The Morgan fingerprint density at radius 3 is 2.83 bits per heavy atom. The number of carbonyl (C=O) groups is 1. The maximum absolute atomic E-state index is 13.4. The van der Waals surface area contributed by atoms with Crippen LogP contribution in [0, 0.1) is 5.92 Å². The molecule has 2 aliphatic heterocycles. The van der Waals surface area contributed by atoms with Gasteiger partial charge in [-0.25, -0.2) is 0 Å². The van der Waals surface area contributed by atoms with Gasteiger partial charge in [0.2, 0.25) is 5.88 Å². The Bertz CT molecular complexity index is 1240. The van der Waals surface area contributed by atoms with Crippen LogP contribution in [0.3, 0.4) is 0 Å². The summed E-state index contributed by atoms with van der Waals surface area (Å²) in [6.45, 7) is 1.22. The molecule has 1 unspecified atom stereocenters. The molecule has 35 heavy (non-hydrogen) atoms. The molecule has 2 saturated heterocycles. The summed E-state index contributed by atoms with van der Waals surface area (Å²) in [5.74, 6) is -2.08. The van der Waals surface area contributed by atoms with Gasteiger partial charge in [0.05, 0.1) is 30.1 Å². The molecular weight excluding hydrogens is 465 g/mol. The number of alkyl halides is 3. The second kappa shape index (κ2) is 9.00. The minimum absolute atomic E-state index is 0.0486. The van der Waals surface area contributed by atoms with E-state index in [1.54, 1.807) is 18.3 Å². The highest BCUT2D eigenvalue weighted by Crippen LogP contribution is 2.37. The SMILES string of the molecule is Nc1oc2cc(C3CCOC3)cnc2c1C(=O)Nc1cnccc1N1C[C@H](N)C[C@H](C(F)(F)F)C1.